The number of hydrogen-bond acceptors (Lipinski definition) is 3. The van der Waals surface area contributed by atoms with Gasteiger partial charge in [-0.25, -0.2) is 4.39 Å². The minimum Gasteiger partial charge on any atom is -0.423 e. The molecule has 1 rings (SSSR count). The van der Waals surface area contributed by atoms with Crippen LogP contribution in [-0.4, -0.2) is 34.7 Å². The molecule has 0 aliphatic heterocycles. The van der Waals surface area contributed by atoms with Crippen LogP contribution in [0, 0.1) is 5.82 Å². The van der Waals surface area contributed by atoms with Gasteiger partial charge >= 0.3 is 7.12 Å². The summed E-state index contributed by atoms with van der Waals surface area (Å²) < 4.78 is 13.1. The molecule has 0 bridgehead atoms. The lowest BCUT2D eigenvalue weighted by molar-refractivity contribution is 0.143. The highest BCUT2D eigenvalue weighted by atomic mass is 19.1. The largest absolute Gasteiger partial charge is 0.488 e. The number of halogens is 1. The van der Waals surface area contributed by atoms with Crippen molar-refractivity contribution in [3.05, 3.63) is 29.6 Å². The molecule has 0 amide bonds. The fourth-order valence-electron chi connectivity index (χ4n) is 1.69. The van der Waals surface area contributed by atoms with Gasteiger partial charge in [-0.3, -0.25) is 4.90 Å². The van der Waals surface area contributed by atoms with Gasteiger partial charge in [0.15, 0.2) is 0 Å². The van der Waals surface area contributed by atoms with Crippen molar-refractivity contribution < 1.29 is 14.4 Å². The highest BCUT2D eigenvalue weighted by Gasteiger charge is 2.24. The average molecular weight is 253 g/mol. The summed E-state index contributed by atoms with van der Waals surface area (Å²) in [6.45, 7) is 6.88. The van der Waals surface area contributed by atoms with E-state index in [9.17, 15) is 14.4 Å². The van der Waals surface area contributed by atoms with Crippen LogP contribution in [0.15, 0.2) is 18.2 Å². The van der Waals surface area contributed by atoms with Gasteiger partial charge in [0.25, 0.3) is 0 Å². The Labute approximate surface area is 108 Å². The van der Waals surface area contributed by atoms with Gasteiger partial charge in [0, 0.05) is 12.1 Å². The van der Waals surface area contributed by atoms with Crippen molar-refractivity contribution in [1.82, 2.24) is 4.90 Å². The van der Waals surface area contributed by atoms with Crippen molar-refractivity contribution in [1.29, 1.82) is 0 Å². The van der Waals surface area contributed by atoms with E-state index in [4.69, 9.17) is 0 Å². The molecule has 0 saturated carbocycles. The molecule has 0 spiro atoms. The predicted molar refractivity (Wildman–Crippen MR) is 72.1 cm³/mol. The summed E-state index contributed by atoms with van der Waals surface area (Å²) >= 11 is 0. The van der Waals surface area contributed by atoms with Crippen LogP contribution in [0.1, 0.15) is 32.8 Å². The van der Waals surface area contributed by atoms with E-state index in [2.05, 4.69) is 25.7 Å². The summed E-state index contributed by atoms with van der Waals surface area (Å²) in [7, 11) is 0.328. The van der Waals surface area contributed by atoms with E-state index in [1.54, 1.807) is 6.07 Å². The van der Waals surface area contributed by atoms with E-state index in [1.165, 1.54) is 12.1 Å². The molecule has 2 N–H and O–H groups in total. The average Bonchev–Trinajstić information content (AvgIpc) is 2.31. The maximum Gasteiger partial charge on any atom is 0.488 e. The van der Waals surface area contributed by atoms with Gasteiger partial charge in [0.05, 0.1) is 0 Å². The van der Waals surface area contributed by atoms with Crippen LogP contribution >= 0.6 is 0 Å². The summed E-state index contributed by atoms with van der Waals surface area (Å²) in [4.78, 5) is 2.12. The Morgan fingerprint density at radius 3 is 2.44 bits per heavy atom. The number of rotatable bonds is 5. The van der Waals surface area contributed by atoms with E-state index >= 15 is 0 Å². The van der Waals surface area contributed by atoms with Crippen LogP contribution < -0.4 is 5.46 Å². The third kappa shape index (κ3) is 3.54. The predicted octanol–water partition coefficient (Wildman–Crippen LogP) is 1.13. The van der Waals surface area contributed by atoms with Gasteiger partial charge in [-0.15, -0.1) is 0 Å². The van der Waals surface area contributed by atoms with E-state index < -0.39 is 12.9 Å². The minimum atomic E-state index is -1.64. The van der Waals surface area contributed by atoms with E-state index in [0.29, 0.717) is 6.54 Å². The van der Waals surface area contributed by atoms with E-state index in [1.807, 2.05) is 7.05 Å². The zero-order valence-corrected chi connectivity index (χ0v) is 11.4. The zero-order valence-electron chi connectivity index (χ0n) is 11.4. The molecular formula is C13H21BFNO2. The number of benzene rings is 1. The minimum absolute atomic E-state index is 0.00602. The Kier molecular flexibility index (Phi) is 4.90. The van der Waals surface area contributed by atoms with Gasteiger partial charge in [-0.1, -0.05) is 13.0 Å². The van der Waals surface area contributed by atoms with Crippen LogP contribution in [-0.2, 0) is 6.54 Å². The van der Waals surface area contributed by atoms with Gasteiger partial charge < -0.3 is 10.0 Å². The summed E-state index contributed by atoms with van der Waals surface area (Å²) in [6, 6.07) is 4.12. The Hall–Kier alpha value is -0.905. The van der Waals surface area contributed by atoms with Crippen LogP contribution in [0.5, 0.6) is 0 Å². The van der Waals surface area contributed by atoms with Crippen molar-refractivity contribution in [3.8, 4) is 0 Å². The molecule has 0 aromatic heterocycles. The summed E-state index contributed by atoms with van der Waals surface area (Å²) in [5.74, 6) is -0.459. The van der Waals surface area contributed by atoms with Gasteiger partial charge in [0.2, 0.25) is 0 Å². The first kappa shape index (κ1) is 15.2. The lowest BCUT2D eigenvalue weighted by atomic mass is 9.76. The second-order valence-electron chi connectivity index (χ2n) is 5.24. The molecule has 5 heteroatoms. The molecule has 0 saturated heterocycles. The maximum atomic E-state index is 13.1. The third-order valence-electron chi connectivity index (χ3n) is 3.69. The molecule has 0 unspecified atom stereocenters. The molecule has 0 heterocycles. The van der Waals surface area contributed by atoms with Crippen molar-refractivity contribution in [2.24, 2.45) is 0 Å². The van der Waals surface area contributed by atoms with Crippen LogP contribution in [0.4, 0.5) is 4.39 Å². The summed E-state index contributed by atoms with van der Waals surface area (Å²) in [5.41, 5.74) is 0.968. The topological polar surface area (TPSA) is 43.7 Å². The van der Waals surface area contributed by atoms with Crippen molar-refractivity contribution >= 4 is 12.6 Å². The first-order chi connectivity index (χ1) is 8.27. The Morgan fingerprint density at radius 2 is 1.94 bits per heavy atom. The van der Waals surface area contributed by atoms with Gasteiger partial charge in [-0.05, 0) is 50.5 Å². The Morgan fingerprint density at radius 1 is 1.33 bits per heavy atom. The van der Waals surface area contributed by atoms with Gasteiger partial charge in [-0.2, -0.15) is 0 Å². The molecule has 3 nitrogen and oxygen atoms in total. The fourth-order valence-corrected chi connectivity index (χ4v) is 1.69. The molecular weight excluding hydrogens is 232 g/mol. The summed E-state index contributed by atoms with van der Waals surface area (Å²) in [5, 5.41) is 18.5. The lowest BCUT2D eigenvalue weighted by Crippen LogP contribution is -2.42. The Balaban J connectivity index is 2.97. The molecule has 1 aromatic rings. The molecule has 0 aliphatic rings. The normalized spacial score (nSPS) is 12.0. The molecule has 1 aromatic carbocycles. The first-order valence-electron chi connectivity index (χ1n) is 6.13. The molecule has 0 aliphatic carbocycles. The molecule has 0 fully saturated rings. The highest BCUT2D eigenvalue weighted by molar-refractivity contribution is 6.59. The quantitative estimate of drug-likeness (QED) is 0.773. The molecule has 100 valence electrons. The summed E-state index contributed by atoms with van der Waals surface area (Å²) in [6.07, 6.45) is 0.974. The van der Waals surface area contributed by atoms with Crippen molar-refractivity contribution in [2.45, 2.75) is 39.3 Å². The molecule has 0 atom stereocenters. The van der Waals surface area contributed by atoms with Crippen LogP contribution in [0.2, 0.25) is 0 Å². The van der Waals surface area contributed by atoms with Gasteiger partial charge in [0.1, 0.15) is 5.82 Å². The first-order valence-corrected chi connectivity index (χ1v) is 6.13. The van der Waals surface area contributed by atoms with Crippen LogP contribution in [0.25, 0.3) is 0 Å². The smallest absolute Gasteiger partial charge is 0.423 e. The van der Waals surface area contributed by atoms with E-state index in [-0.39, 0.29) is 11.0 Å². The zero-order chi connectivity index (χ0) is 13.9. The fraction of sp³-hybridized carbons (Fsp3) is 0.538. The molecule has 18 heavy (non-hydrogen) atoms. The van der Waals surface area contributed by atoms with Crippen molar-refractivity contribution in [2.75, 3.05) is 7.05 Å². The molecule has 0 radical (unpaired) electrons. The lowest BCUT2D eigenvalue weighted by Gasteiger charge is -2.35. The standard InChI is InChI=1S/C13H21BFNO2/c1-5-13(2,3)16(4)9-10-6-7-11(15)8-12(10)14(17)18/h6-8,17-18H,5,9H2,1-4H3. The second-order valence-corrected chi connectivity index (χ2v) is 5.24. The van der Waals surface area contributed by atoms with Crippen molar-refractivity contribution in [3.63, 3.8) is 0 Å². The SMILES string of the molecule is CCC(C)(C)N(C)Cc1ccc(F)cc1B(O)O. The van der Waals surface area contributed by atoms with E-state index in [0.717, 1.165) is 12.0 Å². The number of hydrogen-bond donors (Lipinski definition) is 2. The Bertz CT molecular complexity index is 410. The van der Waals surface area contributed by atoms with Crippen LogP contribution in [0.3, 0.4) is 0 Å². The number of nitrogens with zero attached hydrogens (tertiary/aromatic N) is 1. The second kappa shape index (κ2) is 5.82. The maximum absolute atomic E-state index is 13.1. The monoisotopic (exact) mass is 253 g/mol. The highest BCUT2D eigenvalue weighted by Crippen LogP contribution is 2.18. The third-order valence-corrected chi connectivity index (χ3v) is 3.69.